The van der Waals surface area contributed by atoms with Crippen molar-refractivity contribution in [1.29, 1.82) is 0 Å². The van der Waals surface area contributed by atoms with Gasteiger partial charge in [0.1, 0.15) is 5.75 Å². The number of aromatic hydroxyl groups is 1. The van der Waals surface area contributed by atoms with E-state index in [0.29, 0.717) is 76.7 Å². The number of nitrogens with zero attached hydrogens (tertiary/aromatic N) is 4. The minimum atomic E-state index is -4.76. The van der Waals surface area contributed by atoms with Crippen LogP contribution in [0.1, 0.15) is 35.4 Å². The second-order valence-corrected chi connectivity index (χ2v) is 17.1. The molecule has 2 aliphatic carbocycles. The maximum atomic E-state index is 15.6. The summed E-state index contributed by atoms with van der Waals surface area (Å²) in [4.78, 5) is 67.3. The summed E-state index contributed by atoms with van der Waals surface area (Å²) in [5, 5.41) is 12.8. The number of alkyl halides is 3. The lowest BCUT2D eigenvalue weighted by Gasteiger charge is -2.51. The molecule has 11 nitrogen and oxygen atoms in total. The minimum absolute atomic E-state index is 0.0153. The average Bonchev–Trinajstić information content (AvgIpc) is 3.65. The van der Waals surface area contributed by atoms with E-state index in [4.69, 9.17) is 27.9 Å². The first kappa shape index (κ1) is 40.1. The lowest BCUT2D eigenvalue weighted by Crippen LogP contribution is -2.53. The van der Waals surface area contributed by atoms with Gasteiger partial charge in [-0.25, -0.2) is 4.98 Å². The second-order valence-electron chi connectivity index (χ2n) is 16.3. The number of phenolic OH excluding ortho intramolecular Hbond substituents is 1. The third-order valence-corrected chi connectivity index (χ3v) is 13.8. The van der Waals surface area contributed by atoms with Gasteiger partial charge in [-0.3, -0.25) is 29.5 Å². The number of allylic oxidation sites excluding steroid dienone is 2. The van der Waals surface area contributed by atoms with Crippen molar-refractivity contribution in [3.8, 4) is 5.75 Å². The topological polar surface area (TPSA) is 132 Å². The molecule has 5 aliphatic rings. The molecule has 0 unspecified atom stereocenters. The highest BCUT2D eigenvalue weighted by Gasteiger charge is 2.70. The molecule has 316 valence electrons. The van der Waals surface area contributed by atoms with Gasteiger partial charge < -0.3 is 14.7 Å². The zero-order chi connectivity index (χ0) is 43.2. The van der Waals surface area contributed by atoms with E-state index in [1.807, 2.05) is 18.2 Å². The van der Waals surface area contributed by atoms with Gasteiger partial charge in [0.05, 0.1) is 52.7 Å². The van der Waals surface area contributed by atoms with E-state index >= 15 is 9.59 Å². The Bertz CT molecular complexity index is 2730. The van der Waals surface area contributed by atoms with Crippen molar-refractivity contribution in [3.63, 3.8) is 0 Å². The Morgan fingerprint density at radius 2 is 1.52 bits per heavy atom. The second kappa shape index (κ2) is 14.8. The summed E-state index contributed by atoms with van der Waals surface area (Å²) in [6.45, 7) is 2.60. The van der Waals surface area contributed by atoms with E-state index in [9.17, 15) is 27.9 Å². The number of benzene rings is 4. The molecule has 4 fully saturated rings. The first-order chi connectivity index (χ1) is 29.8. The number of pyridine rings is 1. The zero-order valence-electron chi connectivity index (χ0n) is 32.6. The number of phenols is 1. The number of fused-ring (bicyclic) bond motifs is 5. The number of carbonyl (C=O) groups is 4. The quantitative estimate of drug-likeness (QED) is 0.128. The van der Waals surface area contributed by atoms with E-state index in [0.717, 1.165) is 10.7 Å². The highest BCUT2D eigenvalue weighted by molar-refractivity contribution is 6.33. The number of carbonyl (C=O) groups excluding carboxylic acids is 4. The number of rotatable bonds is 6. The van der Waals surface area contributed by atoms with Crippen molar-refractivity contribution in [2.75, 3.05) is 41.5 Å². The Morgan fingerprint density at radius 1 is 0.823 bits per heavy atom. The molecule has 5 aromatic rings. The van der Waals surface area contributed by atoms with Gasteiger partial charge in [-0.1, -0.05) is 77.3 Å². The lowest BCUT2D eigenvalue weighted by atomic mass is 9.49. The summed E-state index contributed by atoms with van der Waals surface area (Å²) < 4.78 is 46.3. The molecular formula is C46H36Cl2F3N5O6. The van der Waals surface area contributed by atoms with Crippen LogP contribution in [0.15, 0.2) is 109 Å². The molecule has 0 radical (unpaired) electrons. The van der Waals surface area contributed by atoms with E-state index in [2.05, 4.69) is 15.3 Å². The van der Waals surface area contributed by atoms with E-state index in [-0.39, 0.29) is 30.3 Å². The molecule has 1 aromatic heterocycles. The maximum absolute atomic E-state index is 15.6. The average molecular weight is 883 g/mol. The van der Waals surface area contributed by atoms with Crippen molar-refractivity contribution in [1.82, 2.24) is 9.99 Å². The molecule has 3 saturated heterocycles. The molecule has 0 spiro atoms. The molecule has 6 atom stereocenters. The number of amides is 4. The van der Waals surface area contributed by atoms with Gasteiger partial charge in [0.25, 0.3) is 11.8 Å². The minimum Gasteiger partial charge on any atom is -0.507 e. The Balaban J connectivity index is 1.13. The van der Waals surface area contributed by atoms with Crippen LogP contribution in [-0.2, 0) is 35.5 Å². The Morgan fingerprint density at radius 3 is 2.21 bits per heavy atom. The van der Waals surface area contributed by atoms with Crippen LogP contribution >= 0.6 is 23.2 Å². The van der Waals surface area contributed by atoms with Gasteiger partial charge in [-0.2, -0.15) is 18.2 Å². The van der Waals surface area contributed by atoms with Gasteiger partial charge in [0, 0.05) is 41.3 Å². The van der Waals surface area contributed by atoms with Crippen LogP contribution in [0.5, 0.6) is 5.75 Å². The standard InChI is InChI=1S/C46H36Cl2F3N5O6/c47-26-7-5-24(6-8-26)45-35(42(59)56(44(45)61)53-40-36(48)21-25(23-52-40)46(49,50)51)22-34-32(39(45)31-15-16-37(57)30-4-2-1-3-29(30)31)13-14-33-38(34)43(60)55(41(33)58)28-11-9-27(10-12-28)54-17-19-62-20-18-54/h1-13,15-16,21,23,33-35,38-39,57H,14,17-20,22H2,(H,52,53)/t33-,34+,35-,38-,39-,45+/m0/s1. The number of hydrazine groups is 1. The molecule has 3 aliphatic heterocycles. The van der Waals surface area contributed by atoms with Crippen LogP contribution in [0.4, 0.5) is 30.4 Å². The first-order valence-corrected chi connectivity index (χ1v) is 20.9. The summed E-state index contributed by atoms with van der Waals surface area (Å²) >= 11 is 12.8. The number of halogens is 5. The number of nitrogens with one attached hydrogen (secondary N) is 1. The molecule has 10 rings (SSSR count). The Kier molecular flexibility index (Phi) is 9.61. The van der Waals surface area contributed by atoms with Crippen molar-refractivity contribution >= 4 is 74.8 Å². The van der Waals surface area contributed by atoms with Crippen LogP contribution < -0.4 is 15.2 Å². The fraction of sp³-hybridized carbons (Fsp3) is 0.283. The molecule has 4 aromatic carbocycles. The van der Waals surface area contributed by atoms with Gasteiger partial charge in [-0.05, 0) is 83.8 Å². The molecule has 0 bridgehead atoms. The van der Waals surface area contributed by atoms with Crippen LogP contribution in [0, 0.1) is 23.7 Å². The maximum Gasteiger partial charge on any atom is 0.417 e. The number of hydrogen-bond donors (Lipinski definition) is 2. The number of aromatic nitrogens is 1. The number of imide groups is 2. The van der Waals surface area contributed by atoms with Crippen molar-refractivity contribution in [2.45, 2.75) is 30.4 Å². The first-order valence-electron chi connectivity index (χ1n) is 20.1. The highest BCUT2D eigenvalue weighted by atomic mass is 35.5. The van der Waals surface area contributed by atoms with Gasteiger partial charge in [0.2, 0.25) is 11.8 Å². The molecule has 2 N–H and O–H groups in total. The molecular weight excluding hydrogens is 846 g/mol. The van der Waals surface area contributed by atoms with Crippen molar-refractivity contribution < 1.29 is 42.2 Å². The molecule has 62 heavy (non-hydrogen) atoms. The van der Waals surface area contributed by atoms with E-state index < -0.39 is 69.5 Å². The molecule has 4 amide bonds. The smallest absolute Gasteiger partial charge is 0.417 e. The summed E-state index contributed by atoms with van der Waals surface area (Å²) in [5.74, 6) is -7.17. The summed E-state index contributed by atoms with van der Waals surface area (Å²) in [6, 6.07) is 24.8. The third kappa shape index (κ3) is 6.09. The fourth-order valence-corrected chi connectivity index (χ4v) is 10.9. The Hall–Kier alpha value is -5.96. The predicted octanol–water partition coefficient (Wildman–Crippen LogP) is 8.29. The van der Waals surface area contributed by atoms with Crippen molar-refractivity contribution in [2.24, 2.45) is 23.7 Å². The number of ether oxygens (including phenoxy) is 1. The number of hydrogen-bond acceptors (Lipinski definition) is 9. The highest BCUT2D eigenvalue weighted by Crippen LogP contribution is 2.65. The number of anilines is 3. The summed E-state index contributed by atoms with van der Waals surface area (Å²) in [5.41, 5.74) is 2.82. The lowest BCUT2D eigenvalue weighted by molar-refractivity contribution is -0.139. The normalized spacial score (nSPS) is 26.1. The number of morpholine rings is 1. The summed E-state index contributed by atoms with van der Waals surface area (Å²) in [7, 11) is 0. The van der Waals surface area contributed by atoms with Gasteiger partial charge >= 0.3 is 6.18 Å². The SMILES string of the molecule is O=C1[C@@H]2C[C@@H]3C(=CC[C@@H]4C(=O)N(c5ccc(N6CCOCC6)cc5)C(=O)[C@@H]43)[C@H](c3ccc(O)c4ccccc34)[C@]2(c2ccc(Cl)cc2)C(=O)N1Nc1ncc(C(F)(F)F)cc1Cl. The third-order valence-electron chi connectivity index (χ3n) is 13.3. The van der Waals surface area contributed by atoms with Crippen LogP contribution in [0.3, 0.4) is 0 Å². The van der Waals surface area contributed by atoms with Gasteiger partial charge in [0.15, 0.2) is 5.82 Å². The van der Waals surface area contributed by atoms with E-state index in [1.54, 1.807) is 66.7 Å². The molecule has 16 heteroatoms. The van der Waals surface area contributed by atoms with E-state index in [1.165, 1.54) is 11.0 Å². The van der Waals surface area contributed by atoms with Gasteiger partial charge in [-0.15, -0.1) is 0 Å². The zero-order valence-corrected chi connectivity index (χ0v) is 34.1. The summed E-state index contributed by atoms with van der Waals surface area (Å²) in [6.07, 6.45) is -2.15. The van der Waals surface area contributed by atoms with Crippen LogP contribution in [0.2, 0.25) is 10.0 Å². The monoisotopic (exact) mass is 881 g/mol. The van der Waals surface area contributed by atoms with Crippen LogP contribution in [0.25, 0.3) is 10.8 Å². The predicted molar refractivity (Wildman–Crippen MR) is 224 cm³/mol. The van der Waals surface area contributed by atoms with Crippen molar-refractivity contribution in [3.05, 3.63) is 136 Å². The Labute approximate surface area is 362 Å². The van der Waals surface area contributed by atoms with Crippen LogP contribution in [-0.4, -0.2) is 65.0 Å². The fourth-order valence-electron chi connectivity index (χ4n) is 10.6. The largest absolute Gasteiger partial charge is 0.507 e. The molecule has 1 saturated carbocycles. The molecule has 4 heterocycles.